The predicted molar refractivity (Wildman–Crippen MR) is 76.3 cm³/mol. The fourth-order valence-electron chi connectivity index (χ4n) is 2.18. The van der Waals surface area contributed by atoms with Crippen LogP contribution in [0.25, 0.3) is 0 Å². The summed E-state index contributed by atoms with van der Waals surface area (Å²) < 4.78 is 6.16. The molecule has 0 aromatic rings. The molecule has 1 fully saturated rings. The van der Waals surface area contributed by atoms with E-state index in [2.05, 4.69) is 33.9 Å². The minimum absolute atomic E-state index is 0.140. The summed E-state index contributed by atoms with van der Waals surface area (Å²) in [5.41, 5.74) is -0.617. The Morgan fingerprint density at radius 2 is 1.72 bits per heavy atom. The van der Waals surface area contributed by atoms with Crippen molar-refractivity contribution in [3.8, 4) is 0 Å². The lowest BCUT2D eigenvalue weighted by molar-refractivity contribution is -0.153. The number of carboxylic acids is 1. The van der Waals surface area contributed by atoms with Gasteiger partial charge in [0.25, 0.3) is 0 Å². The third kappa shape index (κ3) is 3.35. The van der Waals surface area contributed by atoms with Crippen molar-refractivity contribution in [1.82, 2.24) is 0 Å². The molecule has 106 valence electrons. The summed E-state index contributed by atoms with van der Waals surface area (Å²) >= 11 is 0. The zero-order valence-corrected chi connectivity index (χ0v) is 13.5. The molecular weight excluding hydrogens is 244 g/mol. The molecule has 0 aromatic heterocycles. The number of aliphatic carboxylic acids is 1. The zero-order valence-electron chi connectivity index (χ0n) is 12.5. The van der Waals surface area contributed by atoms with Gasteiger partial charge in [-0.3, -0.25) is 4.79 Å². The van der Waals surface area contributed by atoms with Gasteiger partial charge in [0.05, 0.1) is 12.0 Å². The van der Waals surface area contributed by atoms with Crippen LogP contribution in [0, 0.1) is 5.41 Å². The summed E-state index contributed by atoms with van der Waals surface area (Å²) in [7, 11) is -1.85. The lowest BCUT2D eigenvalue weighted by atomic mass is 9.75. The molecule has 0 heterocycles. The average Bonchev–Trinajstić information content (AvgIpc) is 2.26. The van der Waals surface area contributed by atoms with Crippen molar-refractivity contribution in [2.75, 3.05) is 6.61 Å². The molecule has 0 spiro atoms. The third-order valence-electron chi connectivity index (χ3n) is 4.78. The van der Waals surface area contributed by atoms with Crippen LogP contribution in [-0.4, -0.2) is 26.0 Å². The molecule has 0 unspecified atom stereocenters. The highest BCUT2D eigenvalue weighted by Gasteiger charge is 2.44. The SMILES string of the molecule is CC(C)(C)[Si](C)(C)OCC1(C(=O)O)CCCCC1. The Labute approximate surface area is 112 Å². The summed E-state index contributed by atoms with van der Waals surface area (Å²) in [6.07, 6.45) is 4.75. The van der Waals surface area contributed by atoms with Crippen molar-refractivity contribution in [2.45, 2.75) is 71.0 Å². The Morgan fingerprint density at radius 1 is 1.22 bits per heavy atom. The summed E-state index contributed by atoms with van der Waals surface area (Å²) in [6.45, 7) is 11.3. The quantitative estimate of drug-likeness (QED) is 0.786. The Hall–Kier alpha value is -0.353. The van der Waals surface area contributed by atoms with Crippen molar-refractivity contribution in [3.05, 3.63) is 0 Å². The number of hydrogen-bond acceptors (Lipinski definition) is 2. The van der Waals surface area contributed by atoms with Crippen LogP contribution in [0.3, 0.4) is 0 Å². The Kier molecular flexibility index (Phi) is 4.65. The van der Waals surface area contributed by atoms with Gasteiger partial charge in [-0.15, -0.1) is 0 Å². The second kappa shape index (κ2) is 5.33. The van der Waals surface area contributed by atoms with E-state index in [0.717, 1.165) is 32.1 Å². The highest BCUT2D eigenvalue weighted by atomic mass is 28.4. The van der Waals surface area contributed by atoms with E-state index in [9.17, 15) is 9.90 Å². The van der Waals surface area contributed by atoms with E-state index in [0.29, 0.717) is 6.61 Å². The normalized spacial score (nSPS) is 20.7. The molecule has 0 saturated heterocycles. The monoisotopic (exact) mass is 272 g/mol. The number of rotatable bonds is 4. The molecular formula is C14H28O3Si. The molecule has 18 heavy (non-hydrogen) atoms. The number of carboxylic acid groups (broad SMARTS) is 1. The van der Waals surface area contributed by atoms with Crippen LogP contribution in [0.4, 0.5) is 0 Å². The molecule has 1 aliphatic rings. The molecule has 1 saturated carbocycles. The Balaban J connectivity index is 2.72. The number of carbonyl (C=O) groups is 1. The van der Waals surface area contributed by atoms with Gasteiger partial charge < -0.3 is 9.53 Å². The molecule has 0 radical (unpaired) electrons. The molecule has 1 N–H and O–H groups in total. The van der Waals surface area contributed by atoms with Crippen LogP contribution in [0.5, 0.6) is 0 Å². The van der Waals surface area contributed by atoms with Gasteiger partial charge in [0, 0.05) is 0 Å². The minimum atomic E-state index is -1.85. The molecule has 0 atom stereocenters. The average molecular weight is 272 g/mol. The highest BCUT2D eigenvalue weighted by Crippen LogP contribution is 2.41. The standard InChI is InChI=1S/C14H28O3Si/c1-13(2,3)18(4,5)17-11-14(12(15)16)9-7-6-8-10-14/h6-11H2,1-5H3,(H,15,16). The third-order valence-corrected chi connectivity index (χ3v) is 9.26. The lowest BCUT2D eigenvalue weighted by Gasteiger charge is -2.41. The van der Waals surface area contributed by atoms with Gasteiger partial charge in [0.2, 0.25) is 0 Å². The second-order valence-electron chi connectivity index (χ2n) is 7.20. The maximum atomic E-state index is 11.6. The van der Waals surface area contributed by atoms with Crippen LogP contribution in [0.15, 0.2) is 0 Å². The molecule has 0 aliphatic heterocycles. The van der Waals surface area contributed by atoms with Crippen molar-refractivity contribution in [2.24, 2.45) is 5.41 Å². The first kappa shape index (κ1) is 15.7. The molecule has 0 bridgehead atoms. The summed E-state index contributed by atoms with van der Waals surface area (Å²) in [5.74, 6) is -0.666. The topological polar surface area (TPSA) is 46.5 Å². The lowest BCUT2D eigenvalue weighted by Crippen LogP contribution is -2.46. The molecule has 1 rings (SSSR count). The van der Waals surface area contributed by atoms with Gasteiger partial charge in [-0.2, -0.15) is 0 Å². The first-order valence-corrected chi connectivity index (χ1v) is 9.89. The zero-order chi connectivity index (χ0) is 14.0. The Morgan fingerprint density at radius 3 is 2.11 bits per heavy atom. The molecule has 0 amide bonds. The Bertz CT molecular complexity index is 299. The maximum Gasteiger partial charge on any atom is 0.311 e. The molecule has 1 aliphatic carbocycles. The van der Waals surface area contributed by atoms with E-state index in [4.69, 9.17) is 4.43 Å². The van der Waals surface area contributed by atoms with E-state index in [1.807, 2.05) is 0 Å². The first-order valence-electron chi connectivity index (χ1n) is 6.98. The van der Waals surface area contributed by atoms with Crippen molar-refractivity contribution in [1.29, 1.82) is 0 Å². The molecule has 0 aromatic carbocycles. The van der Waals surface area contributed by atoms with Crippen molar-refractivity contribution >= 4 is 14.3 Å². The summed E-state index contributed by atoms with van der Waals surface area (Å²) in [4.78, 5) is 11.6. The van der Waals surface area contributed by atoms with Gasteiger partial charge >= 0.3 is 5.97 Å². The molecule has 4 heteroatoms. The maximum absolute atomic E-state index is 11.6. The number of hydrogen-bond donors (Lipinski definition) is 1. The van der Waals surface area contributed by atoms with E-state index in [-0.39, 0.29) is 5.04 Å². The van der Waals surface area contributed by atoms with Crippen LogP contribution in [-0.2, 0) is 9.22 Å². The van der Waals surface area contributed by atoms with Crippen LogP contribution >= 0.6 is 0 Å². The van der Waals surface area contributed by atoms with Gasteiger partial charge in [-0.05, 0) is 31.0 Å². The van der Waals surface area contributed by atoms with Crippen molar-refractivity contribution < 1.29 is 14.3 Å². The van der Waals surface area contributed by atoms with Crippen LogP contribution in [0.2, 0.25) is 18.1 Å². The van der Waals surface area contributed by atoms with Crippen LogP contribution < -0.4 is 0 Å². The molecule has 3 nitrogen and oxygen atoms in total. The van der Waals surface area contributed by atoms with E-state index in [1.165, 1.54) is 0 Å². The van der Waals surface area contributed by atoms with Crippen LogP contribution in [0.1, 0.15) is 52.9 Å². The van der Waals surface area contributed by atoms with Gasteiger partial charge in [0.1, 0.15) is 0 Å². The van der Waals surface area contributed by atoms with E-state index < -0.39 is 19.7 Å². The van der Waals surface area contributed by atoms with E-state index in [1.54, 1.807) is 0 Å². The fraction of sp³-hybridized carbons (Fsp3) is 0.929. The fourth-order valence-corrected chi connectivity index (χ4v) is 3.25. The van der Waals surface area contributed by atoms with Gasteiger partial charge in [-0.25, -0.2) is 0 Å². The largest absolute Gasteiger partial charge is 0.481 e. The van der Waals surface area contributed by atoms with Crippen molar-refractivity contribution in [3.63, 3.8) is 0 Å². The van der Waals surface area contributed by atoms with E-state index >= 15 is 0 Å². The first-order chi connectivity index (χ1) is 8.11. The predicted octanol–water partition coefficient (Wildman–Crippen LogP) is 4.04. The highest BCUT2D eigenvalue weighted by molar-refractivity contribution is 6.74. The minimum Gasteiger partial charge on any atom is -0.481 e. The smallest absolute Gasteiger partial charge is 0.311 e. The second-order valence-corrected chi connectivity index (χ2v) is 12.0. The summed E-state index contributed by atoms with van der Waals surface area (Å²) in [5, 5.41) is 9.66. The van der Waals surface area contributed by atoms with Gasteiger partial charge in [-0.1, -0.05) is 40.0 Å². The summed E-state index contributed by atoms with van der Waals surface area (Å²) in [6, 6.07) is 0. The van der Waals surface area contributed by atoms with Gasteiger partial charge in [0.15, 0.2) is 8.32 Å².